The van der Waals surface area contributed by atoms with E-state index in [2.05, 4.69) is 130 Å². The van der Waals surface area contributed by atoms with Gasteiger partial charge in [-0.05, 0) is 91.2 Å². The molecule has 6 heteroatoms. The third-order valence-electron chi connectivity index (χ3n) is 13.7. The maximum Gasteiger partial charge on any atom is 0.177 e. The van der Waals surface area contributed by atoms with E-state index < -0.39 is 16.1 Å². The number of rotatable bonds is 12. The minimum absolute atomic E-state index is 0.181. The van der Waals surface area contributed by atoms with Gasteiger partial charge in [0.1, 0.15) is 16.1 Å². The summed E-state index contributed by atoms with van der Waals surface area (Å²) in [5.41, 5.74) is 13.5. The summed E-state index contributed by atoms with van der Waals surface area (Å²) >= 11 is 2.39. The van der Waals surface area contributed by atoms with Crippen molar-refractivity contribution < 1.29 is 8.78 Å². The Bertz CT molecular complexity index is 1890. The molecule has 0 radical (unpaired) electrons. The van der Waals surface area contributed by atoms with Crippen molar-refractivity contribution in [1.82, 2.24) is 0 Å². The molecule has 2 aromatic heterocycles. The highest BCUT2D eigenvalue weighted by Gasteiger charge is 2.46. The average Bonchev–Trinajstić information content (AvgIpc) is 3.71. The van der Waals surface area contributed by atoms with Crippen molar-refractivity contribution in [2.24, 2.45) is 0 Å². The maximum absolute atomic E-state index is 15.0. The summed E-state index contributed by atoms with van der Waals surface area (Å²) < 4.78 is 31.7. The summed E-state index contributed by atoms with van der Waals surface area (Å²) in [7, 11) is -4.33. The fourth-order valence-electron chi connectivity index (χ4n) is 9.52. The van der Waals surface area contributed by atoms with Crippen LogP contribution in [0, 0.1) is 33.2 Å². The second-order valence-electron chi connectivity index (χ2n) is 15.9. The van der Waals surface area contributed by atoms with Crippen molar-refractivity contribution in [3.05, 3.63) is 57.8 Å². The van der Waals surface area contributed by atoms with Crippen molar-refractivity contribution in [2.75, 3.05) is 0 Å². The van der Waals surface area contributed by atoms with Gasteiger partial charge in [-0.1, -0.05) is 133 Å². The molecule has 6 atom stereocenters. The molecule has 0 fully saturated rings. The molecule has 0 saturated heterocycles. The first-order valence-corrected chi connectivity index (χ1v) is 26.1. The summed E-state index contributed by atoms with van der Waals surface area (Å²) in [6.45, 7) is 28.5. The Kier molecular flexibility index (Phi) is 12.9. The van der Waals surface area contributed by atoms with Crippen molar-refractivity contribution in [2.45, 2.75) is 155 Å². The lowest BCUT2D eigenvalue weighted by Gasteiger charge is -2.42. The molecular formula is C46H60F2S2Si2. The third kappa shape index (κ3) is 6.96. The zero-order chi connectivity index (χ0) is 38.1. The quantitative estimate of drug-likeness (QED) is 0.0673. The second kappa shape index (κ2) is 16.5. The third-order valence-corrected chi connectivity index (χ3v) is 28.8. The Balaban J connectivity index is 2.02. The van der Waals surface area contributed by atoms with Crippen LogP contribution in [0.3, 0.4) is 0 Å². The van der Waals surface area contributed by atoms with Gasteiger partial charge < -0.3 is 0 Å². The Morgan fingerprint density at radius 2 is 0.731 bits per heavy atom. The molecule has 0 nitrogen and oxygen atoms in total. The highest BCUT2D eigenvalue weighted by Crippen LogP contribution is 2.48. The van der Waals surface area contributed by atoms with Gasteiger partial charge in [0.15, 0.2) is 10.3 Å². The monoisotopic (exact) mass is 770 g/mol. The molecule has 0 aliphatic heterocycles. The number of hydrogen-bond acceptors (Lipinski definition) is 2. The molecule has 6 unspecified atom stereocenters. The molecule has 0 aliphatic rings. The van der Waals surface area contributed by atoms with Crippen LogP contribution in [-0.2, 0) is 0 Å². The van der Waals surface area contributed by atoms with Gasteiger partial charge in [0, 0.05) is 31.3 Å². The normalized spacial score (nSPS) is 17.8. The Morgan fingerprint density at radius 1 is 0.462 bits per heavy atom. The van der Waals surface area contributed by atoms with Gasteiger partial charge in [-0.2, -0.15) is 8.78 Å². The van der Waals surface area contributed by atoms with E-state index >= 15 is 0 Å². The van der Waals surface area contributed by atoms with Crippen LogP contribution in [0.1, 0.15) is 133 Å². The molecule has 0 N–H and O–H groups in total. The lowest BCUT2D eigenvalue weighted by atomic mass is 9.91. The predicted octanol–water partition coefficient (Wildman–Crippen LogP) is 16.2. The number of thiophene rings is 2. The van der Waals surface area contributed by atoms with Gasteiger partial charge in [0.25, 0.3) is 0 Å². The summed E-state index contributed by atoms with van der Waals surface area (Å²) in [4.78, 5) is 0. The Morgan fingerprint density at radius 3 is 1.00 bits per heavy atom. The lowest BCUT2D eigenvalue weighted by molar-refractivity contribution is 0.658. The largest absolute Gasteiger partial charge is 0.195 e. The molecule has 0 spiro atoms. The van der Waals surface area contributed by atoms with Crippen molar-refractivity contribution in [1.29, 1.82) is 0 Å². The van der Waals surface area contributed by atoms with Crippen LogP contribution in [0.2, 0.25) is 33.2 Å². The summed E-state index contributed by atoms with van der Waals surface area (Å²) in [6, 6.07) is 12.0. The van der Waals surface area contributed by atoms with E-state index in [0.29, 0.717) is 33.2 Å². The van der Waals surface area contributed by atoms with Crippen LogP contribution in [-0.4, -0.2) is 16.1 Å². The smallest absolute Gasteiger partial charge is 0.177 e. The highest BCUT2D eigenvalue weighted by molar-refractivity contribution is 7.18. The van der Waals surface area contributed by atoms with Crippen LogP contribution in [0.4, 0.5) is 8.78 Å². The summed E-state index contributed by atoms with van der Waals surface area (Å²) in [5, 5.41) is 5.59. The number of benzene rings is 3. The van der Waals surface area contributed by atoms with Crippen LogP contribution in [0.25, 0.3) is 41.7 Å². The fraction of sp³-hybridized carbons (Fsp3) is 0.522. The molecule has 2 heterocycles. The van der Waals surface area contributed by atoms with Gasteiger partial charge in [-0.25, -0.2) is 0 Å². The molecule has 0 aliphatic carbocycles. The van der Waals surface area contributed by atoms with Crippen LogP contribution >= 0.6 is 22.7 Å². The fourth-order valence-corrected chi connectivity index (χ4v) is 23.2. The first-order valence-electron chi connectivity index (χ1n) is 20.0. The minimum atomic E-state index is -2.17. The summed E-state index contributed by atoms with van der Waals surface area (Å²) in [5.74, 6) is 7.87. The number of hydrogen-bond donors (Lipinski definition) is 0. The number of halogens is 2. The maximum atomic E-state index is 15.0. The van der Waals surface area contributed by atoms with E-state index in [-0.39, 0.29) is 10.3 Å². The first-order chi connectivity index (χ1) is 24.8. The second-order valence-corrected chi connectivity index (χ2v) is 28.2. The first kappa shape index (κ1) is 40.7. The van der Waals surface area contributed by atoms with Gasteiger partial charge in [0.2, 0.25) is 0 Å². The Labute approximate surface area is 323 Å². The van der Waals surface area contributed by atoms with Crippen LogP contribution in [0.15, 0.2) is 36.4 Å². The summed E-state index contributed by atoms with van der Waals surface area (Å²) in [6.07, 6.45) is 6.69. The van der Waals surface area contributed by atoms with Crippen molar-refractivity contribution in [3.8, 4) is 22.9 Å². The van der Waals surface area contributed by atoms with Gasteiger partial charge >= 0.3 is 0 Å². The molecule has 0 amide bonds. The molecule has 0 bridgehead atoms. The van der Waals surface area contributed by atoms with E-state index in [1.807, 2.05) is 0 Å². The minimum Gasteiger partial charge on any atom is -0.195 e. The van der Waals surface area contributed by atoms with Crippen molar-refractivity contribution in [3.63, 3.8) is 0 Å². The predicted molar refractivity (Wildman–Crippen MR) is 236 cm³/mol. The van der Waals surface area contributed by atoms with Gasteiger partial charge in [-0.15, -0.1) is 33.8 Å². The molecule has 5 rings (SSSR count). The zero-order valence-electron chi connectivity index (χ0n) is 33.7. The molecular weight excluding hydrogens is 711 g/mol. The van der Waals surface area contributed by atoms with Crippen molar-refractivity contribution >= 4 is 80.5 Å². The van der Waals surface area contributed by atoms with E-state index in [1.165, 1.54) is 22.7 Å². The SMILES string of the molecule is CCC(C)[Si](C#Cc1c2cc3cc(F)sc3cc2c(C#C[Si](C(C)CC)(C(C)CC)C(C)CC)c2cc3cc(F)sc3cc12)(C(C)CC)C(C)CC. The zero-order valence-corrected chi connectivity index (χ0v) is 37.4. The standard InChI is InChI=1S/C46H60F2S2Si2/c1-13-29(7)51(30(8)14-2,31(9)15-3)21-19-37-39-23-35-25-45(47)50-44(35)28-42(39)38(40-24-36-26-46(48)49-43(36)27-41(37)40)20-22-52(32(10)16-4,33(11)17-5)34(12)18-6/h23-34H,13-18H2,1-12H3. The van der Waals surface area contributed by atoms with E-state index in [4.69, 9.17) is 0 Å². The van der Waals surface area contributed by atoms with Gasteiger partial charge in [0.05, 0.1) is 0 Å². The molecule has 5 aromatic rings. The molecule has 52 heavy (non-hydrogen) atoms. The molecule has 3 aromatic carbocycles. The Hall–Kier alpha value is -2.49. The lowest BCUT2D eigenvalue weighted by Crippen LogP contribution is -2.45. The molecule has 0 saturated carbocycles. The van der Waals surface area contributed by atoms with Gasteiger partial charge in [-0.3, -0.25) is 0 Å². The van der Waals surface area contributed by atoms with E-state index in [9.17, 15) is 8.78 Å². The van der Waals surface area contributed by atoms with Crippen LogP contribution in [0.5, 0.6) is 0 Å². The number of fused-ring (bicyclic) bond motifs is 4. The topological polar surface area (TPSA) is 0 Å². The highest BCUT2D eigenvalue weighted by atomic mass is 32.1. The van der Waals surface area contributed by atoms with E-state index in [1.54, 1.807) is 12.1 Å². The molecule has 278 valence electrons. The average molecular weight is 771 g/mol. The van der Waals surface area contributed by atoms with E-state index in [0.717, 1.165) is 91.4 Å². The van der Waals surface area contributed by atoms with Crippen LogP contribution < -0.4 is 0 Å².